The van der Waals surface area contributed by atoms with Crippen LogP contribution < -0.4 is 5.32 Å². The van der Waals surface area contributed by atoms with E-state index in [1.165, 1.54) is 7.11 Å². The number of hydrogen-bond acceptors (Lipinski definition) is 3. The molecular weight excluding hydrogens is 266 g/mol. The lowest BCUT2D eigenvalue weighted by Crippen LogP contribution is -2.30. The van der Waals surface area contributed by atoms with Crippen LogP contribution in [-0.4, -0.2) is 18.1 Å². The maximum absolute atomic E-state index is 12.2. The Labute approximate surface area is 124 Å². The van der Waals surface area contributed by atoms with Crippen molar-refractivity contribution in [1.29, 1.82) is 0 Å². The van der Waals surface area contributed by atoms with Gasteiger partial charge >= 0.3 is 0 Å². The van der Waals surface area contributed by atoms with Crippen LogP contribution in [0.1, 0.15) is 22.8 Å². The number of benzene rings is 2. The lowest BCUT2D eigenvalue weighted by Gasteiger charge is -2.15. The average molecular weight is 285 g/mol. The third kappa shape index (κ3) is 4.15. The van der Waals surface area contributed by atoms with E-state index in [1.807, 2.05) is 54.6 Å². The first-order valence-corrected chi connectivity index (χ1v) is 6.78. The third-order valence-electron chi connectivity index (χ3n) is 3.22. The largest absolute Gasteiger partial charge is 0.392 e. The van der Waals surface area contributed by atoms with Gasteiger partial charge in [-0.15, -0.1) is 0 Å². The highest BCUT2D eigenvalue weighted by Crippen LogP contribution is 2.16. The van der Waals surface area contributed by atoms with Gasteiger partial charge < -0.3 is 15.2 Å². The molecule has 0 spiro atoms. The summed E-state index contributed by atoms with van der Waals surface area (Å²) in [5.41, 5.74) is 2.59. The minimum absolute atomic E-state index is 0.00744. The molecule has 0 aromatic heterocycles. The van der Waals surface area contributed by atoms with Crippen LogP contribution in [0.25, 0.3) is 0 Å². The predicted octanol–water partition coefficient (Wildman–Crippen LogP) is 2.18. The van der Waals surface area contributed by atoms with Crippen LogP contribution in [0, 0.1) is 0 Å². The number of rotatable bonds is 6. The molecule has 2 rings (SSSR count). The van der Waals surface area contributed by atoms with Crippen molar-refractivity contribution >= 4 is 5.91 Å². The fraction of sp³-hybridized carbons (Fsp3) is 0.235. The van der Waals surface area contributed by atoms with Gasteiger partial charge in [0.2, 0.25) is 0 Å². The molecule has 0 aliphatic carbocycles. The van der Waals surface area contributed by atoms with Gasteiger partial charge in [0.05, 0.1) is 6.61 Å². The molecule has 0 bridgehead atoms. The van der Waals surface area contributed by atoms with Crippen molar-refractivity contribution in [3.8, 4) is 0 Å². The number of aliphatic hydroxyl groups is 1. The van der Waals surface area contributed by atoms with Gasteiger partial charge in [0.25, 0.3) is 5.91 Å². The van der Waals surface area contributed by atoms with Crippen molar-refractivity contribution in [3.63, 3.8) is 0 Å². The molecule has 0 saturated heterocycles. The average Bonchev–Trinajstić information content (AvgIpc) is 2.55. The smallest absolute Gasteiger partial charge is 0.254 e. The molecule has 2 aromatic rings. The van der Waals surface area contributed by atoms with Crippen LogP contribution in [-0.2, 0) is 22.7 Å². The van der Waals surface area contributed by atoms with Gasteiger partial charge in [0.15, 0.2) is 6.10 Å². The van der Waals surface area contributed by atoms with E-state index >= 15 is 0 Å². The summed E-state index contributed by atoms with van der Waals surface area (Å²) < 4.78 is 5.28. The van der Waals surface area contributed by atoms with E-state index in [0.717, 1.165) is 16.7 Å². The van der Waals surface area contributed by atoms with Crippen molar-refractivity contribution in [2.75, 3.05) is 7.11 Å². The topological polar surface area (TPSA) is 58.6 Å². The summed E-state index contributed by atoms with van der Waals surface area (Å²) in [6.45, 7) is 0.395. The van der Waals surface area contributed by atoms with Crippen molar-refractivity contribution in [2.45, 2.75) is 19.3 Å². The molecule has 0 aliphatic heterocycles. The molecular formula is C17H19NO3. The summed E-state index contributed by atoms with van der Waals surface area (Å²) in [4.78, 5) is 12.2. The van der Waals surface area contributed by atoms with Gasteiger partial charge in [-0.1, -0.05) is 54.6 Å². The van der Waals surface area contributed by atoms with Crippen LogP contribution in [0.4, 0.5) is 0 Å². The monoisotopic (exact) mass is 285 g/mol. The van der Waals surface area contributed by atoms with Crippen molar-refractivity contribution in [3.05, 3.63) is 71.3 Å². The van der Waals surface area contributed by atoms with Gasteiger partial charge in [-0.25, -0.2) is 0 Å². The van der Waals surface area contributed by atoms with Crippen molar-refractivity contribution in [1.82, 2.24) is 5.32 Å². The molecule has 0 heterocycles. The van der Waals surface area contributed by atoms with Crippen LogP contribution in [0.15, 0.2) is 54.6 Å². The molecule has 0 aliphatic rings. The molecule has 1 unspecified atom stereocenters. The zero-order chi connectivity index (χ0) is 15.1. The molecule has 0 radical (unpaired) electrons. The fourth-order valence-electron chi connectivity index (χ4n) is 2.14. The minimum atomic E-state index is -0.618. The maximum Gasteiger partial charge on any atom is 0.254 e. The quantitative estimate of drug-likeness (QED) is 0.855. The highest BCUT2D eigenvalue weighted by Gasteiger charge is 2.19. The summed E-state index contributed by atoms with van der Waals surface area (Å²) in [5.74, 6) is -0.182. The molecule has 1 atom stereocenters. The second-order valence-electron chi connectivity index (χ2n) is 4.72. The molecule has 2 N–H and O–H groups in total. The van der Waals surface area contributed by atoms with Crippen LogP contribution in [0.5, 0.6) is 0 Å². The van der Waals surface area contributed by atoms with Crippen LogP contribution >= 0.6 is 0 Å². The Hall–Kier alpha value is -2.17. The van der Waals surface area contributed by atoms with Crippen molar-refractivity contribution in [2.24, 2.45) is 0 Å². The Morgan fingerprint density at radius 3 is 2.52 bits per heavy atom. The number of carbonyl (C=O) groups is 1. The van der Waals surface area contributed by atoms with Crippen LogP contribution in [0.3, 0.4) is 0 Å². The van der Waals surface area contributed by atoms with Gasteiger partial charge in [0.1, 0.15) is 0 Å². The molecule has 0 fully saturated rings. The molecule has 21 heavy (non-hydrogen) atoms. The first-order valence-electron chi connectivity index (χ1n) is 6.78. The zero-order valence-electron chi connectivity index (χ0n) is 12.0. The Bertz CT molecular complexity index is 584. The first kappa shape index (κ1) is 15.2. The summed E-state index contributed by atoms with van der Waals surface area (Å²) in [7, 11) is 1.52. The molecule has 110 valence electrons. The van der Waals surface area contributed by atoms with E-state index < -0.39 is 6.10 Å². The summed E-state index contributed by atoms with van der Waals surface area (Å²) in [5, 5.41) is 12.0. The normalized spacial score (nSPS) is 11.9. The van der Waals surface area contributed by atoms with E-state index in [0.29, 0.717) is 6.54 Å². The number of aliphatic hydroxyl groups excluding tert-OH is 1. The summed E-state index contributed by atoms with van der Waals surface area (Å²) in [6, 6.07) is 16.8. The second kappa shape index (κ2) is 7.57. The van der Waals surface area contributed by atoms with Crippen LogP contribution in [0.2, 0.25) is 0 Å². The Balaban J connectivity index is 2.00. The predicted molar refractivity (Wildman–Crippen MR) is 80.4 cm³/mol. The fourth-order valence-corrected chi connectivity index (χ4v) is 2.14. The molecule has 1 amide bonds. The van der Waals surface area contributed by atoms with E-state index in [2.05, 4.69) is 5.32 Å². The SMILES string of the molecule is COC(C(=O)NCc1cccc(CO)c1)c1ccccc1. The number of carbonyl (C=O) groups excluding carboxylic acids is 1. The summed E-state index contributed by atoms with van der Waals surface area (Å²) in [6.07, 6.45) is -0.618. The van der Waals surface area contributed by atoms with E-state index in [1.54, 1.807) is 0 Å². The first-order chi connectivity index (χ1) is 10.2. The Morgan fingerprint density at radius 2 is 1.86 bits per heavy atom. The lowest BCUT2D eigenvalue weighted by atomic mass is 10.1. The molecule has 0 saturated carbocycles. The highest BCUT2D eigenvalue weighted by atomic mass is 16.5. The second-order valence-corrected chi connectivity index (χ2v) is 4.72. The van der Waals surface area contributed by atoms with Crippen molar-refractivity contribution < 1.29 is 14.6 Å². The molecule has 4 nitrogen and oxygen atoms in total. The lowest BCUT2D eigenvalue weighted by molar-refractivity contribution is -0.131. The van der Waals surface area contributed by atoms with Gasteiger partial charge in [0, 0.05) is 13.7 Å². The number of nitrogens with one attached hydrogen (secondary N) is 1. The maximum atomic E-state index is 12.2. The Morgan fingerprint density at radius 1 is 1.14 bits per heavy atom. The Kier molecular flexibility index (Phi) is 5.49. The number of hydrogen-bond donors (Lipinski definition) is 2. The highest BCUT2D eigenvalue weighted by molar-refractivity contribution is 5.82. The van der Waals surface area contributed by atoms with Gasteiger partial charge in [-0.2, -0.15) is 0 Å². The number of amides is 1. The standard InChI is InChI=1S/C17H19NO3/c1-21-16(15-8-3-2-4-9-15)17(20)18-11-13-6-5-7-14(10-13)12-19/h2-10,16,19H,11-12H2,1H3,(H,18,20). The third-order valence-corrected chi connectivity index (χ3v) is 3.22. The summed E-state index contributed by atoms with van der Waals surface area (Å²) >= 11 is 0. The van der Waals surface area contributed by atoms with Gasteiger partial charge in [-0.05, 0) is 16.7 Å². The van der Waals surface area contributed by atoms with E-state index in [9.17, 15) is 4.79 Å². The molecule has 4 heteroatoms. The van der Waals surface area contributed by atoms with E-state index in [-0.39, 0.29) is 12.5 Å². The van der Waals surface area contributed by atoms with E-state index in [4.69, 9.17) is 9.84 Å². The van der Waals surface area contributed by atoms with Gasteiger partial charge in [-0.3, -0.25) is 4.79 Å². The minimum Gasteiger partial charge on any atom is -0.392 e. The zero-order valence-corrected chi connectivity index (χ0v) is 12.0. The molecule has 2 aromatic carbocycles. The number of ether oxygens (including phenoxy) is 1. The number of methoxy groups -OCH3 is 1.